The maximum atomic E-state index is 12.7. The van der Waals surface area contributed by atoms with Gasteiger partial charge in [0.05, 0.1) is 0 Å². The number of amides is 1. The molecule has 0 aliphatic heterocycles. The number of carbonyl (C=O) groups is 3. The lowest BCUT2D eigenvalue weighted by atomic mass is 10.1. The minimum atomic E-state index is -1.18. The molecular formula is C20H16N2O4. The average molecular weight is 348 g/mol. The summed E-state index contributed by atoms with van der Waals surface area (Å²) in [5.41, 5.74) is 2.24. The van der Waals surface area contributed by atoms with Gasteiger partial charge < -0.3 is 15.0 Å². The normalized spacial score (nSPS) is 11.0. The lowest BCUT2D eigenvalue weighted by Gasteiger charge is -2.16. The number of hydrogen-bond acceptors (Lipinski definition) is 3. The number of carbonyl (C=O) groups excluding carboxylic acids is 2. The van der Waals surface area contributed by atoms with Crippen molar-refractivity contribution in [3.05, 3.63) is 78.0 Å². The second kappa shape index (κ2) is 7.06. The van der Waals surface area contributed by atoms with Crippen molar-refractivity contribution in [2.75, 3.05) is 11.9 Å². The first-order chi connectivity index (χ1) is 12.5. The van der Waals surface area contributed by atoms with E-state index in [-0.39, 0.29) is 5.91 Å². The van der Waals surface area contributed by atoms with Crippen LogP contribution in [0, 0.1) is 0 Å². The Kier molecular flexibility index (Phi) is 4.66. The van der Waals surface area contributed by atoms with Crippen molar-refractivity contribution in [3.63, 3.8) is 0 Å². The molecule has 1 heterocycles. The monoisotopic (exact) mass is 348 g/mol. The van der Waals surface area contributed by atoms with Crippen LogP contribution in [-0.4, -0.2) is 34.8 Å². The summed E-state index contributed by atoms with van der Waals surface area (Å²) in [7, 11) is 1.69. The van der Waals surface area contributed by atoms with Crippen LogP contribution in [0.5, 0.6) is 0 Å². The van der Waals surface area contributed by atoms with Crippen molar-refractivity contribution in [3.8, 4) is 0 Å². The van der Waals surface area contributed by atoms with Crippen molar-refractivity contribution in [2.45, 2.75) is 0 Å². The van der Waals surface area contributed by atoms with Crippen LogP contribution < -0.4 is 4.90 Å². The summed E-state index contributed by atoms with van der Waals surface area (Å²) in [5, 5.41) is 9.30. The first kappa shape index (κ1) is 17.2. The van der Waals surface area contributed by atoms with Crippen molar-refractivity contribution < 1.29 is 19.5 Å². The fraction of sp³-hybridized carbons (Fsp3) is 0.0500. The molecule has 26 heavy (non-hydrogen) atoms. The largest absolute Gasteiger partial charge is 0.478 e. The highest BCUT2D eigenvalue weighted by molar-refractivity contribution is 6.10. The molecule has 0 aliphatic rings. The van der Waals surface area contributed by atoms with Crippen molar-refractivity contribution >= 4 is 34.3 Å². The first-order valence-corrected chi connectivity index (χ1v) is 7.87. The molecule has 3 rings (SSSR count). The third kappa shape index (κ3) is 3.54. The lowest BCUT2D eigenvalue weighted by Crippen LogP contribution is -2.26. The van der Waals surface area contributed by atoms with Gasteiger partial charge in [0.15, 0.2) is 5.78 Å². The zero-order chi connectivity index (χ0) is 18.7. The molecule has 3 aromatic rings. The minimum Gasteiger partial charge on any atom is -0.478 e. The van der Waals surface area contributed by atoms with Gasteiger partial charge in [-0.2, -0.15) is 0 Å². The number of carboxylic acids is 1. The molecule has 0 aliphatic carbocycles. The Balaban J connectivity index is 1.88. The van der Waals surface area contributed by atoms with Gasteiger partial charge in [-0.3, -0.25) is 9.59 Å². The molecule has 0 fully saturated rings. The Bertz CT molecular complexity index is 1020. The molecule has 0 saturated carbocycles. The molecule has 0 unspecified atom stereocenters. The van der Waals surface area contributed by atoms with Gasteiger partial charge in [0.2, 0.25) is 0 Å². The van der Waals surface area contributed by atoms with E-state index in [1.54, 1.807) is 31.3 Å². The van der Waals surface area contributed by atoms with E-state index in [1.165, 1.54) is 4.90 Å². The van der Waals surface area contributed by atoms with Gasteiger partial charge in [-0.1, -0.05) is 18.2 Å². The number of aromatic amines is 1. The first-order valence-electron chi connectivity index (χ1n) is 7.87. The Morgan fingerprint density at radius 3 is 2.42 bits per heavy atom. The minimum absolute atomic E-state index is 0.203. The van der Waals surface area contributed by atoms with Crippen LogP contribution in [0.25, 0.3) is 10.9 Å². The zero-order valence-corrected chi connectivity index (χ0v) is 14.0. The van der Waals surface area contributed by atoms with Crippen LogP contribution in [0.2, 0.25) is 0 Å². The second-order valence-corrected chi connectivity index (χ2v) is 5.72. The number of aromatic nitrogens is 1. The standard InChI is InChI=1S/C20H16N2O4/c1-22(15-5-3-2-4-6-15)20(26)17-12-14-11-13(7-8-16(14)21-17)18(23)9-10-19(24)25/h2-12,21H,1H3,(H,24,25)/b10-9+. The van der Waals surface area contributed by atoms with E-state index in [0.29, 0.717) is 22.2 Å². The smallest absolute Gasteiger partial charge is 0.328 e. The molecular weight excluding hydrogens is 332 g/mol. The van der Waals surface area contributed by atoms with Crippen molar-refractivity contribution in [2.24, 2.45) is 0 Å². The van der Waals surface area contributed by atoms with Crippen molar-refractivity contribution in [1.82, 2.24) is 4.98 Å². The van der Waals surface area contributed by atoms with Gasteiger partial charge in [-0.15, -0.1) is 0 Å². The number of hydrogen-bond donors (Lipinski definition) is 2. The number of para-hydroxylation sites is 1. The number of allylic oxidation sites excluding steroid dienone is 1. The second-order valence-electron chi connectivity index (χ2n) is 5.72. The molecule has 0 spiro atoms. The van der Waals surface area contributed by atoms with Gasteiger partial charge in [-0.25, -0.2) is 4.79 Å². The number of anilines is 1. The Labute approximate surface area is 149 Å². The Morgan fingerprint density at radius 1 is 1.00 bits per heavy atom. The van der Waals surface area contributed by atoms with Crippen LogP contribution in [0.4, 0.5) is 5.69 Å². The van der Waals surface area contributed by atoms with E-state index in [0.717, 1.165) is 17.8 Å². The molecule has 2 aromatic carbocycles. The Morgan fingerprint density at radius 2 is 1.73 bits per heavy atom. The summed E-state index contributed by atoms with van der Waals surface area (Å²) >= 11 is 0. The van der Waals surface area contributed by atoms with E-state index in [9.17, 15) is 14.4 Å². The number of nitrogens with zero attached hydrogens (tertiary/aromatic N) is 1. The summed E-state index contributed by atoms with van der Waals surface area (Å²) in [6.45, 7) is 0. The van der Waals surface area contributed by atoms with Gasteiger partial charge in [0.25, 0.3) is 5.91 Å². The summed E-state index contributed by atoms with van der Waals surface area (Å²) in [6.07, 6.45) is 1.80. The van der Waals surface area contributed by atoms with Crippen LogP contribution in [0.15, 0.2) is 66.7 Å². The van der Waals surface area contributed by atoms with Gasteiger partial charge in [0, 0.05) is 35.3 Å². The maximum absolute atomic E-state index is 12.7. The van der Waals surface area contributed by atoms with Crippen LogP contribution in [-0.2, 0) is 4.79 Å². The lowest BCUT2D eigenvalue weighted by molar-refractivity contribution is -0.131. The van der Waals surface area contributed by atoms with E-state index in [1.807, 2.05) is 30.3 Å². The summed E-state index contributed by atoms with van der Waals surface area (Å²) < 4.78 is 0. The summed E-state index contributed by atoms with van der Waals surface area (Å²) in [6, 6.07) is 15.8. The molecule has 0 bridgehead atoms. The predicted molar refractivity (Wildman–Crippen MR) is 98.6 cm³/mol. The highest BCUT2D eigenvalue weighted by Crippen LogP contribution is 2.21. The number of carboxylic acid groups (broad SMARTS) is 1. The van der Waals surface area contributed by atoms with E-state index < -0.39 is 11.8 Å². The number of aliphatic carboxylic acids is 1. The van der Waals surface area contributed by atoms with Gasteiger partial charge in [0.1, 0.15) is 5.69 Å². The molecule has 2 N–H and O–H groups in total. The third-order valence-electron chi connectivity index (χ3n) is 3.96. The van der Waals surface area contributed by atoms with Gasteiger partial charge >= 0.3 is 5.97 Å². The highest BCUT2D eigenvalue weighted by atomic mass is 16.4. The summed E-state index contributed by atoms with van der Waals surface area (Å²) in [5.74, 6) is -1.80. The number of fused-ring (bicyclic) bond motifs is 1. The van der Waals surface area contributed by atoms with E-state index >= 15 is 0 Å². The van der Waals surface area contributed by atoms with Crippen LogP contribution >= 0.6 is 0 Å². The number of benzene rings is 2. The number of H-pyrrole nitrogens is 1. The van der Waals surface area contributed by atoms with Crippen LogP contribution in [0.1, 0.15) is 20.8 Å². The van der Waals surface area contributed by atoms with Crippen molar-refractivity contribution in [1.29, 1.82) is 0 Å². The number of ketones is 1. The predicted octanol–water partition coefficient (Wildman–Crippen LogP) is 3.27. The number of rotatable bonds is 5. The molecule has 0 radical (unpaired) electrons. The topological polar surface area (TPSA) is 90.5 Å². The van der Waals surface area contributed by atoms with Crippen LogP contribution in [0.3, 0.4) is 0 Å². The molecule has 1 amide bonds. The highest BCUT2D eigenvalue weighted by Gasteiger charge is 2.16. The zero-order valence-electron chi connectivity index (χ0n) is 14.0. The molecule has 0 atom stereocenters. The molecule has 1 aromatic heterocycles. The molecule has 0 saturated heterocycles. The molecule has 6 heteroatoms. The fourth-order valence-electron chi connectivity index (χ4n) is 2.59. The molecule has 130 valence electrons. The average Bonchev–Trinajstić information content (AvgIpc) is 3.08. The molecule has 6 nitrogen and oxygen atoms in total. The SMILES string of the molecule is CN(C(=O)c1cc2cc(C(=O)/C=C/C(=O)O)ccc2[nH]1)c1ccccc1. The Hall–Kier alpha value is -3.67. The quantitative estimate of drug-likeness (QED) is 0.547. The summed E-state index contributed by atoms with van der Waals surface area (Å²) in [4.78, 5) is 39.8. The third-order valence-corrected chi connectivity index (χ3v) is 3.96. The van der Waals surface area contributed by atoms with Gasteiger partial charge in [-0.05, 0) is 42.5 Å². The van der Waals surface area contributed by atoms with E-state index in [4.69, 9.17) is 5.11 Å². The fourth-order valence-corrected chi connectivity index (χ4v) is 2.59. The maximum Gasteiger partial charge on any atom is 0.328 e. The number of nitrogens with one attached hydrogen (secondary N) is 1. The van der Waals surface area contributed by atoms with E-state index in [2.05, 4.69) is 4.98 Å².